The summed E-state index contributed by atoms with van der Waals surface area (Å²) in [5.41, 5.74) is 2.92. The van der Waals surface area contributed by atoms with Crippen molar-refractivity contribution in [2.75, 3.05) is 37.6 Å². The van der Waals surface area contributed by atoms with Gasteiger partial charge >= 0.3 is 5.97 Å². The molecule has 5 atom stereocenters. The summed E-state index contributed by atoms with van der Waals surface area (Å²) in [5, 5.41) is 1.18. The first-order valence-electron chi connectivity index (χ1n) is 11.7. The summed E-state index contributed by atoms with van der Waals surface area (Å²) in [6.07, 6.45) is 7.31. The van der Waals surface area contributed by atoms with Gasteiger partial charge in [0.05, 0.1) is 16.0 Å². The standard InChI is InChI=1S/C25H32Cl2N2O2/c1-16-4-3-7-25(2)14-23-18(13-20(16)25)19(24(30)31-23)15-28-8-10-29(11-9-28)17-5-6-21(26)22(27)12-17/h5-6,12-13,16,18-19,23H,3-4,7-11,14-15H2,1-2H3/t16-,18+,19+,23-,25+/m1/s1. The number of carbonyl (C=O) groups excluding carboxylic acids is 1. The monoisotopic (exact) mass is 462 g/mol. The van der Waals surface area contributed by atoms with Crippen molar-refractivity contribution >= 4 is 34.9 Å². The minimum Gasteiger partial charge on any atom is -0.461 e. The third-order valence-electron chi connectivity index (χ3n) is 8.18. The molecule has 4 nitrogen and oxygen atoms in total. The zero-order valence-electron chi connectivity index (χ0n) is 18.4. The average molecular weight is 463 g/mol. The Balaban J connectivity index is 1.25. The zero-order chi connectivity index (χ0) is 21.8. The van der Waals surface area contributed by atoms with Crippen LogP contribution < -0.4 is 4.90 Å². The van der Waals surface area contributed by atoms with Gasteiger partial charge in [0.25, 0.3) is 0 Å². The molecule has 2 saturated heterocycles. The maximum Gasteiger partial charge on any atom is 0.311 e. The molecule has 0 amide bonds. The van der Waals surface area contributed by atoms with E-state index in [4.69, 9.17) is 27.9 Å². The summed E-state index contributed by atoms with van der Waals surface area (Å²) in [5.74, 6) is 0.844. The number of ether oxygens (including phenoxy) is 1. The van der Waals surface area contributed by atoms with Crippen LogP contribution in [0.4, 0.5) is 5.69 Å². The van der Waals surface area contributed by atoms with Crippen molar-refractivity contribution in [2.24, 2.45) is 23.2 Å². The van der Waals surface area contributed by atoms with Gasteiger partial charge in [-0.2, -0.15) is 0 Å². The molecule has 2 aliphatic carbocycles. The minimum absolute atomic E-state index is 0.00802. The van der Waals surface area contributed by atoms with E-state index < -0.39 is 0 Å². The lowest BCUT2D eigenvalue weighted by molar-refractivity contribution is -0.145. The molecule has 0 N–H and O–H groups in total. The molecule has 6 heteroatoms. The van der Waals surface area contributed by atoms with Gasteiger partial charge in [-0.25, -0.2) is 0 Å². The van der Waals surface area contributed by atoms with E-state index in [1.54, 1.807) is 5.57 Å². The lowest BCUT2D eigenvalue weighted by Gasteiger charge is -2.46. The number of benzene rings is 1. The van der Waals surface area contributed by atoms with Crippen molar-refractivity contribution in [3.8, 4) is 0 Å². The number of piperazine rings is 1. The molecule has 0 spiro atoms. The molecular weight excluding hydrogens is 431 g/mol. The lowest BCUT2D eigenvalue weighted by Crippen LogP contribution is -2.49. The Kier molecular flexibility index (Phi) is 5.77. The summed E-state index contributed by atoms with van der Waals surface area (Å²) in [6.45, 7) is 9.25. The summed E-state index contributed by atoms with van der Waals surface area (Å²) >= 11 is 12.3. The van der Waals surface area contributed by atoms with E-state index >= 15 is 0 Å². The van der Waals surface area contributed by atoms with Crippen LogP contribution in [0.5, 0.6) is 0 Å². The Morgan fingerprint density at radius 2 is 1.94 bits per heavy atom. The summed E-state index contributed by atoms with van der Waals surface area (Å²) in [7, 11) is 0. The number of fused-ring (bicyclic) bond motifs is 2. The van der Waals surface area contributed by atoms with Gasteiger partial charge in [0.1, 0.15) is 6.10 Å². The summed E-state index contributed by atoms with van der Waals surface area (Å²) < 4.78 is 5.94. The van der Waals surface area contributed by atoms with Crippen LogP contribution in [0.25, 0.3) is 0 Å². The van der Waals surface area contributed by atoms with E-state index in [2.05, 4.69) is 29.7 Å². The maximum atomic E-state index is 12.8. The molecule has 5 rings (SSSR count). The molecule has 0 aromatic heterocycles. The highest BCUT2D eigenvalue weighted by atomic mass is 35.5. The highest BCUT2D eigenvalue weighted by Crippen LogP contribution is 2.54. The van der Waals surface area contributed by atoms with Crippen molar-refractivity contribution < 1.29 is 9.53 Å². The molecule has 0 radical (unpaired) electrons. The Bertz CT molecular complexity index is 896. The second-order valence-electron chi connectivity index (χ2n) is 10.2. The van der Waals surface area contributed by atoms with Gasteiger partial charge in [0.15, 0.2) is 0 Å². The van der Waals surface area contributed by atoms with Crippen molar-refractivity contribution in [3.63, 3.8) is 0 Å². The number of hydrogen-bond acceptors (Lipinski definition) is 4. The number of nitrogens with zero attached hydrogens (tertiary/aromatic N) is 2. The number of anilines is 1. The summed E-state index contributed by atoms with van der Waals surface area (Å²) in [4.78, 5) is 17.6. The highest BCUT2D eigenvalue weighted by Gasteiger charge is 2.52. The van der Waals surface area contributed by atoms with Gasteiger partial charge in [0, 0.05) is 44.3 Å². The fraction of sp³-hybridized carbons (Fsp3) is 0.640. The van der Waals surface area contributed by atoms with Crippen LogP contribution >= 0.6 is 23.2 Å². The van der Waals surface area contributed by atoms with Crippen molar-refractivity contribution in [1.29, 1.82) is 0 Å². The van der Waals surface area contributed by atoms with E-state index in [0.717, 1.165) is 44.8 Å². The van der Waals surface area contributed by atoms with Crippen LogP contribution in [0.15, 0.2) is 29.8 Å². The van der Waals surface area contributed by atoms with Gasteiger partial charge in [-0.05, 0) is 48.8 Å². The zero-order valence-corrected chi connectivity index (χ0v) is 20.0. The predicted molar refractivity (Wildman–Crippen MR) is 126 cm³/mol. The first-order valence-corrected chi connectivity index (χ1v) is 12.4. The molecule has 0 unspecified atom stereocenters. The number of rotatable bonds is 3. The predicted octanol–water partition coefficient (Wildman–Crippen LogP) is 5.43. The number of allylic oxidation sites excluding steroid dienone is 1. The second-order valence-corrected chi connectivity index (χ2v) is 11.0. The SMILES string of the molecule is C[C@@H]1CCC[C@@]2(C)C[C@H]3OC(=O)[C@@H](CN4CCN(c5ccc(Cl)c(Cl)c5)CC4)[C@@H]3C=C12. The second kappa shape index (κ2) is 8.28. The molecule has 168 valence electrons. The Morgan fingerprint density at radius 3 is 2.68 bits per heavy atom. The minimum atomic E-state index is -0.0345. The van der Waals surface area contributed by atoms with Crippen LogP contribution in [0.2, 0.25) is 10.0 Å². The third kappa shape index (κ3) is 4.00. The Morgan fingerprint density at radius 1 is 1.16 bits per heavy atom. The van der Waals surface area contributed by atoms with Gasteiger partial charge in [-0.15, -0.1) is 0 Å². The van der Waals surface area contributed by atoms with Gasteiger partial charge in [0.2, 0.25) is 0 Å². The molecule has 2 heterocycles. The molecule has 1 saturated carbocycles. The number of halogens is 2. The molecule has 1 aromatic carbocycles. The molecular formula is C25H32Cl2N2O2. The van der Waals surface area contributed by atoms with E-state index in [9.17, 15) is 4.79 Å². The molecule has 3 fully saturated rings. The fourth-order valence-corrected chi connectivity index (χ4v) is 6.70. The molecule has 4 aliphatic rings. The number of hydrogen-bond donors (Lipinski definition) is 0. The smallest absolute Gasteiger partial charge is 0.311 e. The Hall–Kier alpha value is -1.23. The number of carbonyl (C=O) groups is 1. The molecule has 31 heavy (non-hydrogen) atoms. The molecule has 1 aromatic rings. The van der Waals surface area contributed by atoms with Crippen molar-refractivity contribution in [2.45, 2.75) is 45.6 Å². The van der Waals surface area contributed by atoms with Crippen LogP contribution in [-0.4, -0.2) is 49.7 Å². The summed E-state index contributed by atoms with van der Waals surface area (Å²) in [6, 6.07) is 5.82. The largest absolute Gasteiger partial charge is 0.461 e. The topological polar surface area (TPSA) is 32.8 Å². The average Bonchev–Trinajstić information content (AvgIpc) is 3.03. The van der Waals surface area contributed by atoms with Gasteiger partial charge < -0.3 is 9.64 Å². The van der Waals surface area contributed by atoms with E-state index in [1.807, 2.05) is 18.2 Å². The lowest BCUT2D eigenvalue weighted by atomic mass is 9.59. The van der Waals surface area contributed by atoms with E-state index in [-0.39, 0.29) is 29.3 Å². The highest BCUT2D eigenvalue weighted by molar-refractivity contribution is 6.42. The third-order valence-corrected chi connectivity index (χ3v) is 8.92. The van der Waals surface area contributed by atoms with Crippen LogP contribution in [0.1, 0.15) is 39.5 Å². The fourth-order valence-electron chi connectivity index (χ4n) is 6.41. The quantitative estimate of drug-likeness (QED) is 0.442. The normalized spacial score (nSPS) is 35.9. The van der Waals surface area contributed by atoms with Gasteiger partial charge in [-0.3, -0.25) is 9.69 Å². The molecule has 2 aliphatic heterocycles. The van der Waals surface area contributed by atoms with Crippen molar-refractivity contribution in [3.05, 3.63) is 39.9 Å². The van der Waals surface area contributed by atoms with E-state index in [0.29, 0.717) is 16.0 Å². The van der Waals surface area contributed by atoms with Crippen LogP contribution in [0, 0.1) is 23.2 Å². The first-order chi connectivity index (χ1) is 14.8. The van der Waals surface area contributed by atoms with Crippen LogP contribution in [0.3, 0.4) is 0 Å². The Labute approximate surface area is 195 Å². The number of esters is 1. The van der Waals surface area contributed by atoms with Gasteiger partial charge in [-0.1, -0.05) is 55.1 Å². The van der Waals surface area contributed by atoms with E-state index in [1.165, 1.54) is 19.3 Å². The van der Waals surface area contributed by atoms with Crippen LogP contribution in [-0.2, 0) is 9.53 Å². The maximum absolute atomic E-state index is 12.8. The first kappa shape index (κ1) is 21.6. The molecule has 0 bridgehead atoms. The van der Waals surface area contributed by atoms with Crippen molar-refractivity contribution in [1.82, 2.24) is 4.90 Å².